The van der Waals surface area contributed by atoms with Crippen molar-refractivity contribution < 1.29 is 4.79 Å². The maximum absolute atomic E-state index is 11.6. The lowest BCUT2D eigenvalue weighted by Crippen LogP contribution is -2.27. The number of amides is 1. The van der Waals surface area contributed by atoms with E-state index in [1.54, 1.807) is 6.20 Å². The number of carbonyl (C=O) groups is 1. The summed E-state index contributed by atoms with van der Waals surface area (Å²) in [6, 6.07) is 5.87. The zero-order valence-electron chi connectivity index (χ0n) is 9.30. The highest BCUT2D eigenvalue weighted by atomic mass is 16.2. The number of hydrogen-bond donors (Lipinski definition) is 0. The molecule has 84 valence electrons. The van der Waals surface area contributed by atoms with Gasteiger partial charge >= 0.3 is 0 Å². The smallest absolute Gasteiger partial charge is 0.223 e. The third-order valence-corrected chi connectivity index (χ3v) is 2.94. The van der Waals surface area contributed by atoms with Gasteiger partial charge in [-0.1, -0.05) is 12.1 Å². The minimum absolute atomic E-state index is 0.237. The fourth-order valence-corrected chi connectivity index (χ4v) is 1.97. The fourth-order valence-electron chi connectivity index (χ4n) is 1.97. The molecule has 1 atom stereocenters. The molecule has 2 rings (SSSR count). The van der Waals surface area contributed by atoms with Crippen LogP contribution in [0.25, 0.3) is 0 Å². The van der Waals surface area contributed by atoms with E-state index in [1.165, 1.54) is 0 Å². The minimum Gasteiger partial charge on any atom is -0.342 e. The molecule has 0 saturated carbocycles. The number of pyridine rings is 1. The van der Waals surface area contributed by atoms with Crippen molar-refractivity contribution in [2.75, 3.05) is 13.1 Å². The van der Waals surface area contributed by atoms with Gasteiger partial charge in [-0.2, -0.15) is 0 Å². The van der Waals surface area contributed by atoms with E-state index >= 15 is 0 Å². The van der Waals surface area contributed by atoms with Crippen LogP contribution in [0.4, 0.5) is 0 Å². The molecule has 1 unspecified atom stereocenters. The Balaban J connectivity index is 1.87. The van der Waals surface area contributed by atoms with Crippen LogP contribution in [0.5, 0.6) is 0 Å². The number of rotatable bonds is 4. The van der Waals surface area contributed by atoms with E-state index in [1.807, 2.05) is 29.2 Å². The first-order valence-electron chi connectivity index (χ1n) is 5.60. The van der Waals surface area contributed by atoms with Crippen molar-refractivity contribution in [3.63, 3.8) is 0 Å². The van der Waals surface area contributed by atoms with Crippen molar-refractivity contribution in [3.8, 4) is 0 Å². The molecule has 0 radical (unpaired) electrons. The van der Waals surface area contributed by atoms with Crippen LogP contribution in [0.15, 0.2) is 37.1 Å². The largest absolute Gasteiger partial charge is 0.342 e. The van der Waals surface area contributed by atoms with Gasteiger partial charge in [0.2, 0.25) is 5.91 Å². The van der Waals surface area contributed by atoms with E-state index in [0.717, 1.165) is 25.2 Å². The van der Waals surface area contributed by atoms with Crippen molar-refractivity contribution >= 4 is 5.91 Å². The second kappa shape index (κ2) is 4.92. The standard InChI is InChI=1S/C13H16N2O/c1-2-11-9-13(16)15(10-11)8-6-12-5-3-4-7-14-12/h2-5,7,11H,1,6,8-10H2. The zero-order chi connectivity index (χ0) is 11.4. The van der Waals surface area contributed by atoms with Crippen LogP contribution >= 0.6 is 0 Å². The van der Waals surface area contributed by atoms with Gasteiger partial charge in [0.15, 0.2) is 0 Å². The summed E-state index contributed by atoms with van der Waals surface area (Å²) in [5.74, 6) is 0.567. The summed E-state index contributed by atoms with van der Waals surface area (Å²) in [5, 5.41) is 0. The molecule has 1 aromatic rings. The van der Waals surface area contributed by atoms with Crippen LogP contribution < -0.4 is 0 Å². The first-order valence-corrected chi connectivity index (χ1v) is 5.60. The lowest BCUT2D eigenvalue weighted by Gasteiger charge is -2.15. The summed E-state index contributed by atoms with van der Waals surface area (Å²) >= 11 is 0. The van der Waals surface area contributed by atoms with Gasteiger partial charge in [-0.3, -0.25) is 9.78 Å². The molecular weight excluding hydrogens is 200 g/mol. The monoisotopic (exact) mass is 216 g/mol. The fraction of sp³-hybridized carbons (Fsp3) is 0.385. The van der Waals surface area contributed by atoms with Crippen molar-refractivity contribution in [3.05, 3.63) is 42.7 Å². The highest BCUT2D eigenvalue weighted by Gasteiger charge is 2.26. The number of likely N-dealkylation sites (tertiary alicyclic amines) is 1. The lowest BCUT2D eigenvalue weighted by molar-refractivity contribution is -0.127. The summed E-state index contributed by atoms with van der Waals surface area (Å²) < 4.78 is 0. The van der Waals surface area contributed by atoms with E-state index < -0.39 is 0 Å². The van der Waals surface area contributed by atoms with Crippen LogP contribution in [0.1, 0.15) is 12.1 Å². The van der Waals surface area contributed by atoms with E-state index in [2.05, 4.69) is 11.6 Å². The molecule has 1 aromatic heterocycles. The van der Waals surface area contributed by atoms with Gasteiger partial charge in [0, 0.05) is 43.7 Å². The molecular formula is C13H16N2O. The Morgan fingerprint density at radius 2 is 2.44 bits per heavy atom. The summed E-state index contributed by atoms with van der Waals surface area (Å²) in [7, 11) is 0. The molecule has 1 aliphatic heterocycles. The van der Waals surface area contributed by atoms with Gasteiger partial charge in [0.25, 0.3) is 0 Å². The van der Waals surface area contributed by atoms with Crippen molar-refractivity contribution in [1.29, 1.82) is 0 Å². The first kappa shape index (κ1) is 10.9. The van der Waals surface area contributed by atoms with Gasteiger partial charge in [-0.05, 0) is 12.1 Å². The van der Waals surface area contributed by atoms with Gasteiger partial charge in [-0.25, -0.2) is 0 Å². The number of hydrogen-bond acceptors (Lipinski definition) is 2. The summed E-state index contributed by atoms with van der Waals surface area (Å²) in [4.78, 5) is 17.8. The Bertz CT molecular complexity index is 375. The van der Waals surface area contributed by atoms with Gasteiger partial charge < -0.3 is 4.90 Å². The molecule has 1 amide bonds. The Morgan fingerprint density at radius 1 is 1.56 bits per heavy atom. The topological polar surface area (TPSA) is 33.2 Å². The number of aromatic nitrogens is 1. The normalized spacial score (nSPS) is 20.1. The Hall–Kier alpha value is -1.64. The summed E-state index contributed by atoms with van der Waals surface area (Å²) in [5.41, 5.74) is 1.04. The maximum Gasteiger partial charge on any atom is 0.223 e. The predicted octanol–water partition coefficient (Wildman–Crippen LogP) is 1.66. The van der Waals surface area contributed by atoms with Gasteiger partial charge in [0.1, 0.15) is 0 Å². The van der Waals surface area contributed by atoms with Crippen LogP contribution in [-0.4, -0.2) is 28.9 Å². The number of nitrogens with zero attached hydrogens (tertiary/aromatic N) is 2. The van der Waals surface area contributed by atoms with Gasteiger partial charge in [-0.15, -0.1) is 6.58 Å². The third kappa shape index (κ3) is 2.48. The van der Waals surface area contributed by atoms with Crippen molar-refractivity contribution in [2.24, 2.45) is 5.92 Å². The number of carbonyl (C=O) groups excluding carboxylic acids is 1. The maximum atomic E-state index is 11.6. The molecule has 2 heterocycles. The molecule has 1 aliphatic rings. The molecule has 0 N–H and O–H groups in total. The molecule has 0 bridgehead atoms. The molecule has 1 fully saturated rings. The van der Waals surface area contributed by atoms with Gasteiger partial charge in [0.05, 0.1) is 0 Å². The first-order chi connectivity index (χ1) is 7.79. The van der Waals surface area contributed by atoms with E-state index in [-0.39, 0.29) is 5.91 Å². The Kier molecular flexibility index (Phi) is 3.34. The van der Waals surface area contributed by atoms with Crippen molar-refractivity contribution in [2.45, 2.75) is 12.8 Å². The zero-order valence-corrected chi connectivity index (χ0v) is 9.30. The van der Waals surface area contributed by atoms with Crippen LogP contribution in [-0.2, 0) is 11.2 Å². The van der Waals surface area contributed by atoms with Crippen LogP contribution in [0.2, 0.25) is 0 Å². The van der Waals surface area contributed by atoms with Crippen LogP contribution in [0.3, 0.4) is 0 Å². The molecule has 1 saturated heterocycles. The molecule has 16 heavy (non-hydrogen) atoms. The molecule has 3 heteroatoms. The summed E-state index contributed by atoms with van der Waals surface area (Å²) in [6.45, 7) is 5.32. The molecule has 3 nitrogen and oxygen atoms in total. The Morgan fingerprint density at radius 3 is 3.06 bits per heavy atom. The molecule has 0 aromatic carbocycles. The van der Waals surface area contributed by atoms with E-state index in [9.17, 15) is 4.79 Å². The lowest BCUT2D eigenvalue weighted by atomic mass is 10.1. The van der Waals surface area contributed by atoms with E-state index in [0.29, 0.717) is 12.3 Å². The second-order valence-electron chi connectivity index (χ2n) is 4.11. The Labute approximate surface area is 95.8 Å². The second-order valence-corrected chi connectivity index (χ2v) is 4.11. The van der Waals surface area contributed by atoms with Crippen molar-refractivity contribution in [1.82, 2.24) is 9.88 Å². The molecule has 0 spiro atoms. The summed E-state index contributed by atoms with van der Waals surface area (Å²) in [6.07, 6.45) is 5.11. The predicted molar refractivity (Wildman–Crippen MR) is 62.8 cm³/mol. The van der Waals surface area contributed by atoms with Crippen LogP contribution in [0, 0.1) is 5.92 Å². The third-order valence-electron chi connectivity index (χ3n) is 2.94. The quantitative estimate of drug-likeness (QED) is 0.717. The van der Waals surface area contributed by atoms with E-state index in [4.69, 9.17) is 0 Å². The average molecular weight is 216 g/mol. The average Bonchev–Trinajstić information content (AvgIpc) is 2.69. The molecule has 0 aliphatic carbocycles. The SMILES string of the molecule is C=CC1CC(=O)N(CCc2ccccn2)C1. The highest BCUT2D eigenvalue weighted by molar-refractivity contribution is 5.78. The highest BCUT2D eigenvalue weighted by Crippen LogP contribution is 2.18. The minimum atomic E-state index is 0.237.